The van der Waals surface area contributed by atoms with Crippen molar-refractivity contribution >= 4 is 48.3 Å². The standard InChI is InChI=1S/C16H14BrN5O3S2/c17-11-8-6-10(7-9-11)15-20-21-16(26-15)19-14(23)13(18)22-27(24,25)12-4-2-1-3-5-12/h1-9,13,22H,18H2,(H,19,21,23). The number of nitrogens with zero attached hydrogens (tertiary/aromatic N) is 2. The fourth-order valence-corrected chi connectivity index (χ4v) is 4.16. The number of benzene rings is 2. The number of aromatic nitrogens is 2. The van der Waals surface area contributed by atoms with Gasteiger partial charge in [-0.1, -0.05) is 57.6 Å². The highest BCUT2D eigenvalue weighted by Crippen LogP contribution is 2.27. The molecule has 0 spiro atoms. The molecule has 4 N–H and O–H groups in total. The van der Waals surface area contributed by atoms with Crippen molar-refractivity contribution in [2.45, 2.75) is 11.1 Å². The van der Waals surface area contributed by atoms with Crippen LogP contribution in [0, 0.1) is 0 Å². The van der Waals surface area contributed by atoms with E-state index < -0.39 is 22.1 Å². The molecule has 0 fully saturated rings. The van der Waals surface area contributed by atoms with E-state index in [1.54, 1.807) is 18.2 Å². The van der Waals surface area contributed by atoms with Crippen LogP contribution in [0.2, 0.25) is 0 Å². The maximum Gasteiger partial charge on any atom is 0.258 e. The molecule has 0 aliphatic rings. The number of amides is 1. The molecular formula is C16H14BrN5O3S2. The summed E-state index contributed by atoms with van der Waals surface area (Å²) in [5.41, 5.74) is 6.51. The summed E-state index contributed by atoms with van der Waals surface area (Å²) >= 11 is 4.50. The lowest BCUT2D eigenvalue weighted by molar-refractivity contribution is -0.117. The van der Waals surface area contributed by atoms with E-state index in [1.165, 1.54) is 12.1 Å². The quantitative estimate of drug-likeness (QED) is 0.476. The van der Waals surface area contributed by atoms with Crippen molar-refractivity contribution in [3.05, 3.63) is 59.1 Å². The maximum absolute atomic E-state index is 12.2. The molecule has 8 nitrogen and oxygen atoms in total. The lowest BCUT2D eigenvalue weighted by Gasteiger charge is -2.13. The smallest absolute Gasteiger partial charge is 0.258 e. The predicted octanol–water partition coefficient (Wildman–Crippen LogP) is 2.17. The van der Waals surface area contributed by atoms with Crippen LogP contribution in [0.1, 0.15) is 0 Å². The van der Waals surface area contributed by atoms with Gasteiger partial charge < -0.3 is 5.73 Å². The lowest BCUT2D eigenvalue weighted by atomic mass is 10.2. The zero-order chi connectivity index (χ0) is 19.4. The van der Waals surface area contributed by atoms with Gasteiger partial charge in [0.25, 0.3) is 5.91 Å². The van der Waals surface area contributed by atoms with Gasteiger partial charge in [-0.05, 0) is 24.3 Å². The van der Waals surface area contributed by atoms with Crippen LogP contribution in [0.15, 0.2) is 64.0 Å². The fourth-order valence-electron chi connectivity index (χ4n) is 2.05. The summed E-state index contributed by atoms with van der Waals surface area (Å²) in [6, 6.07) is 15.1. The molecule has 1 amide bonds. The van der Waals surface area contributed by atoms with Gasteiger partial charge in [0.2, 0.25) is 15.2 Å². The second-order valence-corrected chi connectivity index (χ2v) is 8.93. The molecule has 3 rings (SSSR count). The molecule has 0 bridgehead atoms. The topological polar surface area (TPSA) is 127 Å². The Morgan fingerprint density at radius 1 is 1.07 bits per heavy atom. The van der Waals surface area contributed by atoms with Crippen LogP contribution in [0.25, 0.3) is 10.6 Å². The molecule has 1 heterocycles. The lowest BCUT2D eigenvalue weighted by Crippen LogP contribution is -2.49. The van der Waals surface area contributed by atoms with Crippen LogP contribution >= 0.6 is 27.3 Å². The van der Waals surface area contributed by atoms with Gasteiger partial charge in [-0.15, -0.1) is 10.2 Å². The summed E-state index contributed by atoms with van der Waals surface area (Å²) in [6.07, 6.45) is -1.48. The highest BCUT2D eigenvalue weighted by Gasteiger charge is 2.23. The van der Waals surface area contributed by atoms with Crippen molar-refractivity contribution in [3.8, 4) is 10.6 Å². The molecule has 2 aromatic carbocycles. The SMILES string of the molecule is NC(NS(=O)(=O)c1ccccc1)C(=O)Nc1nnc(-c2ccc(Br)cc2)s1. The highest BCUT2D eigenvalue weighted by molar-refractivity contribution is 9.10. The molecule has 0 radical (unpaired) electrons. The Labute approximate surface area is 168 Å². The third-order valence-electron chi connectivity index (χ3n) is 3.36. The molecule has 0 saturated carbocycles. The first-order valence-corrected chi connectivity index (χ1v) is 10.7. The first kappa shape index (κ1) is 19.6. The van der Waals surface area contributed by atoms with Gasteiger partial charge in [0.15, 0.2) is 0 Å². The Morgan fingerprint density at radius 3 is 2.41 bits per heavy atom. The molecule has 1 atom stereocenters. The molecule has 0 aliphatic heterocycles. The molecule has 0 aliphatic carbocycles. The number of hydrogen-bond donors (Lipinski definition) is 3. The summed E-state index contributed by atoms with van der Waals surface area (Å²) in [6.45, 7) is 0. The number of nitrogens with one attached hydrogen (secondary N) is 2. The summed E-state index contributed by atoms with van der Waals surface area (Å²) in [5.74, 6) is -0.743. The third-order valence-corrected chi connectivity index (χ3v) is 6.24. The molecular weight excluding hydrogens is 454 g/mol. The van der Waals surface area contributed by atoms with Gasteiger partial charge in [-0.2, -0.15) is 4.72 Å². The van der Waals surface area contributed by atoms with Crippen molar-refractivity contribution in [2.75, 3.05) is 5.32 Å². The van der Waals surface area contributed by atoms with Crippen molar-refractivity contribution in [2.24, 2.45) is 5.73 Å². The van der Waals surface area contributed by atoms with E-state index in [-0.39, 0.29) is 10.0 Å². The minimum atomic E-state index is -3.91. The van der Waals surface area contributed by atoms with E-state index >= 15 is 0 Å². The van der Waals surface area contributed by atoms with Crippen LogP contribution in [0.5, 0.6) is 0 Å². The van der Waals surface area contributed by atoms with Crippen molar-refractivity contribution in [1.82, 2.24) is 14.9 Å². The first-order chi connectivity index (χ1) is 12.8. The minimum absolute atomic E-state index is 0.0155. The van der Waals surface area contributed by atoms with E-state index in [0.29, 0.717) is 5.01 Å². The number of anilines is 1. The van der Waals surface area contributed by atoms with Gasteiger partial charge in [-0.25, -0.2) is 8.42 Å². The average molecular weight is 468 g/mol. The Bertz CT molecular complexity index is 1040. The summed E-state index contributed by atoms with van der Waals surface area (Å²) in [5, 5.41) is 11.2. The minimum Gasteiger partial charge on any atom is -0.307 e. The molecule has 11 heteroatoms. The molecule has 140 valence electrons. The largest absolute Gasteiger partial charge is 0.307 e. The zero-order valence-electron chi connectivity index (χ0n) is 13.7. The summed E-state index contributed by atoms with van der Waals surface area (Å²) in [4.78, 5) is 12.2. The first-order valence-electron chi connectivity index (χ1n) is 7.58. The second kappa shape index (κ2) is 8.23. The van der Waals surface area contributed by atoms with Gasteiger partial charge in [0.05, 0.1) is 4.90 Å². The second-order valence-electron chi connectivity index (χ2n) is 5.32. The maximum atomic E-state index is 12.2. The van der Waals surface area contributed by atoms with E-state index in [0.717, 1.165) is 21.4 Å². The monoisotopic (exact) mass is 467 g/mol. The van der Waals surface area contributed by atoms with Crippen LogP contribution in [0.4, 0.5) is 5.13 Å². The van der Waals surface area contributed by atoms with Crippen LogP contribution in [-0.4, -0.2) is 30.7 Å². The van der Waals surface area contributed by atoms with Crippen molar-refractivity contribution < 1.29 is 13.2 Å². The van der Waals surface area contributed by atoms with Gasteiger partial charge in [0.1, 0.15) is 11.2 Å². The molecule has 0 saturated heterocycles. The Kier molecular flexibility index (Phi) is 5.97. The normalized spacial score (nSPS) is 12.5. The Hall–Kier alpha value is -2.18. The molecule has 1 aromatic heterocycles. The number of sulfonamides is 1. The van der Waals surface area contributed by atoms with Crippen molar-refractivity contribution in [1.29, 1.82) is 0 Å². The van der Waals surface area contributed by atoms with Crippen LogP contribution in [0.3, 0.4) is 0 Å². The van der Waals surface area contributed by atoms with Crippen LogP contribution in [-0.2, 0) is 14.8 Å². The fraction of sp³-hybridized carbons (Fsp3) is 0.0625. The van der Waals surface area contributed by atoms with Gasteiger partial charge in [0, 0.05) is 10.0 Å². The van der Waals surface area contributed by atoms with Crippen molar-refractivity contribution in [3.63, 3.8) is 0 Å². The third kappa shape index (κ3) is 4.96. The molecule has 27 heavy (non-hydrogen) atoms. The zero-order valence-corrected chi connectivity index (χ0v) is 16.9. The van der Waals surface area contributed by atoms with E-state index in [9.17, 15) is 13.2 Å². The number of halogens is 1. The average Bonchev–Trinajstić information content (AvgIpc) is 3.11. The Balaban J connectivity index is 1.66. The predicted molar refractivity (Wildman–Crippen MR) is 106 cm³/mol. The van der Waals surface area contributed by atoms with Gasteiger partial charge >= 0.3 is 0 Å². The van der Waals surface area contributed by atoms with E-state index in [4.69, 9.17) is 5.73 Å². The van der Waals surface area contributed by atoms with Crippen LogP contribution < -0.4 is 15.8 Å². The number of rotatable bonds is 6. The number of carbonyl (C=O) groups is 1. The number of hydrogen-bond acceptors (Lipinski definition) is 7. The number of carbonyl (C=O) groups excluding carboxylic acids is 1. The van der Waals surface area contributed by atoms with E-state index in [2.05, 4.69) is 36.2 Å². The van der Waals surface area contributed by atoms with E-state index in [1.807, 2.05) is 24.3 Å². The summed E-state index contributed by atoms with van der Waals surface area (Å²) in [7, 11) is -3.91. The highest BCUT2D eigenvalue weighted by atomic mass is 79.9. The van der Waals surface area contributed by atoms with Gasteiger partial charge in [-0.3, -0.25) is 10.1 Å². The summed E-state index contributed by atoms with van der Waals surface area (Å²) < 4.78 is 27.5. The Morgan fingerprint density at radius 2 is 1.74 bits per heavy atom. The molecule has 3 aromatic rings. The number of nitrogens with two attached hydrogens (primary N) is 1. The molecule has 1 unspecified atom stereocenters.